The fourth-order valence-corrected chi connectivity index (χ4v) is 2.98. The minimum absolute atomic E-state index is 0.299. The second-order valence-corrected chi connectivity index (χ2v) is 6.67. The largest absolute Gasteiger partial charge is 0.447 e. The summed E-state index contributed by atoms with van der Waals surface area (Å²) < 4.78 is 6.82. The van der Waals surface area contributed by atoms with Crippen LogP contribution in [0.2, 0.25) is 0 Å². The van der Waals surface area contributed by atoms with Crippen LogP contribution in [0.4, 0.5) is 5.95 Å². The molecule has 3 aromatic heterocycles. The Morgan fingerprint density at radius 1 is 1.29 bits per heavy atom. The average Bonchev–Trinajstić information content (AvgIpc) is 3.08. The minimum Gasteiger partial charge on any atom is -0.447 e. The molecule has 0 spiro atoms. The lowest BCUT2D eigenvalue weighted by atomic mass is 10.1. The van der Waals surface area contributed by atoms with Crippen LogP contribution in [0.3, 0.4) is 0 Å². The number of para-hydroxylation sites is 1. The van der Waals surface area contributed by atoms with Gasteiger partial charge in [0.25, 0.3) is 5.95 Å². The number of H-pyrrole nitrogens is 1. The summed E-state index contributed by atoms with van der Waals surface area (Å²) in [6.07, 6.45) is 1.53. The molecule has 0 radical (unpaired) electrons. The van der Waals surface area contributed by atoms with Crippen LogP contribution in [-0.2, 0) is 0 Å². The number of halogens is 2. The second-order valence-electron chi connectivity index (χ2n) is 5.10. The number of nitrogens with one attached hydrogen (secondary N) is 2. The molecule has 7 nitrogen and oxygen atoms in total. The number of furan rings is 1. The lowest BCUT2D eigenvalue weighted by Gasteiger charge is -1.96. The Morgan fingerprint density at radius 2 is 2.17 bits per heavy atom. The van der Waals surface area contributed by atoms with Crippen molar-refractivity contribution in [2.45, 2.75) is 6.92 Å². The van der Waals surface area contributed by atoms with E-state index in [4.69, 9.17) is 4.42 Å². The van der Waals surface area contributed by atoms with Gasteiger partial charge in [0.1, 0.15) is 11.3 Å². The van der Waals surface area contributed by atoms with Gasteiger partial charge in [0.15, 0.2) is 10.3 Å². The third-order valence-corrected chi connectivity index (χ3v) is 5.19. The first-order valence-corrected chi connectivity index (χ1v) is 8.56. The van der Waals surface area contributed by atoms with E-state index in [9.17, 15) is 0 Å². The number of benzene rings is 1. The maximum Gasteiger partial charge on any atom is 0.265 e. The van der Waals surface area contributed by atoms with Crippen molar-refractivity contribution in [3.63, 3.8) is 0 Å². The molecular weight excluding hydrogens is 440 g/mol. The molecule has 0 aliphatic carbocycles. The number of aromatic nitrogens is 4. The lowest BCUT2D eigenvalue weighted by Crippen LogP contribution is -1.98. The maximum atomic E-state index is 5.39. The molecular formula is C15H10Br2N6O. The Hall–Kier alpha value is -2.26. The zero-order valence-corrected chi connectivity index (χ0v) is 15.5. The van der Waals surface area contributed by atoms with Gasteiger partial charge in [0.2, 0.25) is 0 Å². The van der Waals surface area contributed by atoms with Gasteiger partial charge in [-0.3, -0.25) is 0 Å². The Balaban J connectivity index is 1.63. The molecule has 0 unspecified atom stereocenters. The summed E-state index contributed by atoms with van der Waals surface area (Å²) in [5.41, 5.74) is 6.29. The third kappa shape index (κ3) is 2.69. The molecule has 2 N–H and O–H groups in total. The van der Waals surface area contributed by atoms with Crippen LogP contribution >= 0.6 is 31.9 Å². The van der Waals surface area contributed by atoms with E-state index in [0.29, 0.717) is 22.0 Å². The highest BCUT2D eigenvalue weighted by molar-refractivity contribution is 9.13. The van der Waals surface area contributed by atoms with Crippen LogP contribution in [0.1, 0.15) is 11.3 Å². The minimum atomic E-state index is 0.299. The first kappa shape index (κ1) is 15.3. The van der Waals surface area contributed by atoms with Crippen molar-refractivity contribution in [3.8, 4) is 0 Å². The molecule has 4 aromatic rings. The summed E-state index contributed by atoms with van der Waals surface area (Å²) in [5, 5.41) is 13.4. The van der Waals surface area contributed by atoms with E-state index in [2.05, 4.69) is 62.6 Å². The topological polar surface area (TPSA) is 92.0 Å². The molecule has 3 heterocycles. The lowest BCUT2D eigenvalue weighted by molar-refractivity contribution is 0.533. The first-order valence-electron chi connectivity index (χ1n) is 6.97. The van der Waals surface area contributed by atoms with Crippen LogP contribution in [0.25, 0.3) is 22.1 Å². The number of aryl methyl sites for hydroxylation is 1. The number of rotatable bonds is 3. The highest BCUT2D eigenvalue weighted by Crippen LogP contribution is 2.26. The predicted molar refractivity (Wildman–Crippen MR) is 99.3 cm³/mol. The van der Waals surface area contributed by atoms with E-state index < -0.39 is 0 Å². The molecule has 9 heteroatoms. The molecule has 120 valence electrons. The van der Waals surface area contributed by atoms with Crippen molar-refractivity contribution < 1.29 is 4.42 Å². The summed E-state index contributed by atoms with van der Waals surface area (Å²) in [4.78, 5) is 7.67. The average molecular weight is 450 g/mol. The zero-order chi connectivity index (χ0) is 16.7. The van der Waals surface area contributed by atoms with Gasteiger partial charge >= 0.3 is 0 Å². The maximum absolute atomic E-state index is 5.39. The van der Waals surface area contributed by atoms with Crippen molar-refractivity contribution in [1.82, 2.24) is 20.2 Å². The van der Waals surface area contributed by atoms with Crippen molar-refractivity contribution >= 4 is 66.1 Å². The standard InChI is InChI=1S/C15H10Br2N6O/c1-7-3-2-4-9-11(7)19-14-12(9)21-23-15(20-14)22-18-6-8-5-10(16)13(17)24-8/h2-6H,1H3,(H2,19,20,22,23). The molecule has 0 amide bonds. The van der Waals surface area contributed by atoms with Crippen LogP contribution < -0.4 is 5.43 Å². The predicted octanol–water partition coefficient (Wildman–Crippen LogP) is 4.38. The van der Waals surface area contributed by atoms with E-state index in [1.165, 1.54) is 6.21 Å². The van der Waals surface area contributed by atoms with Gasteiger partial charge < -0.3 is 9.40 Å². The van der Waals surface area contributed by atoms with Crippen LogP contribution in [0.5, 0.6) is 0 Å². The van der Waals surface area contributed by atoms with Crippen LogP contribution in [-0.4, -0.2) is 26.4 Å². The van der Waals surface area contributed by atoms with Gasteiger partial charge in [0.05, 0.1) is 16.2 Å². The fourth-order valence-electron chi connectivity index (χ4n) is 2.37. The smallest absolute Gasteiger partial charge is 0.265 e. The van der Waals surface area contributed by atoms with Gasteiger partial charge in [-0.15, -0.1) is 10.2 Å². The van der Waals surface area contributed by atoms with Crippen LogP contribution in [0, 0.1) is 6.92 Å². The molecule has 24 heavy (non-hydrogen) atoms. The van der Waals surface area contributed by atoms with E-state index in [-0.39, 0.29) is 0 Å². The molecule has 0 aliphatic rings. The third-order valence-electron chi connectivity index (χ3n) is 3.48. The van der Waals surface area contributed by atoms with Gasteiger partial charge in [-0.1, -0.05) is 18.2 Å². The fraction of sp³-hybridized carbons (Fsp3) is 0.0667. The molecule has 4 rings (SSSR count). The molecule has 0 saturated carbocycles. The molecule has 0 aliphatic heterocycles. The Bertz CT molecular complexity index is 1060. The van der Waals surface area contributed by atoms with Gasteiger partial charge in [0, 0.05) is 11.5 Å². The first-order chi connectivity index (χ1) is 11.6. The van der Waals surface area contributed by atoms with Gasteiger partial charge in [-0.05, 0) is 44.3 Å². The second kappa shape index (κ2) is 5.99. The number of hydrogen-bond donors (Lipinski definition) is 2. The number of fused-ring (bicyclic) bond motifs is 3. The number of hydrazone groups is 1. The zero-order valence-electron chi connectivity index (χ0n) is 12.3. The Labute approximate surface area is 152 Å². The van der Waals surface area contributed by atoms with Crippen LogP contribution in [0.15, 0.2) is 42.9 Å². The van der Waals surface area contributed by atoms with Crippen molar-refractivity contribution in [3.05, 3.63) is 44.7 Å². The molecule has 0 atom stereocenters. The summed E-state index contributed by atoms with van der Waals surface area (Å²) in [6, 6.07) is 7.81. The highest BCUT2D eigenvalue weighted by Gasteiger charge is 2.10. The molecule has 1 aromatic carbocycles. The summed E-state index contributed by atoms with van der Waals surface area (Å²) in [5.74, 6) is 0.879. The summed E-state index contributed by atoms with van der Waals surface area (Å²) in [6.45, 7) is 2.04. The van der Waals surface area contributed by atoms with E-state index in [1.807, 2.05) is 25.1 Å². The highest BCUT2D eigenvalue weighted by atomic mass is 79.9. The number of nitrogens with zero attached hydrogens (tertiary/aromatic N) is 4. The van der Waals surface area contributed by atoms with Gasteiger partial charge in [-0.25, -0.2) is 5.43 Å². The monoisotopic (exact) mass is 448 g/mol. The number of anilines is 1. The molecule has 0 fully saturated rings. The van der Waals surface area contributed by atoms with Crippen molar-refractivity contribution in [2.75, 3.05) is 5.43 Å². The van der Waals surface area contributed by atoms with Gasteiger partial charge in [-0.2, -0.15) is 10.1 Å². The van der Waals surface area contributed by atoms with E-state index in [1.54, 1.807) is 6.07 Å². The number of aromatic amines is 1. The summed E-state index contributed by atoms with van der Waals surface area (Å²) >= 11 is 6.61. The quantitative estimate of drug-likeness (QED) is 0.357. The Morgan fingerprint density at radius 3 is 2.96 bits per heavy atom. The van der Waals surface area contributed by atoms with Crippen molar-refractivity contribution in [2.24, 2.45) is 5.10 Å². The summed E-state index contributed by atoms with van der Waals surface area (Å²) in [7, 11) is 0. The number of hydrogen-bond acceptors (Lipinski definition) is 6. The van der Waals surface area contributed by atoms with E-state index in [0.717, 1.165) is 26.5 Å². The molecule has 0 bridgehead atoms. The Kier molecular flexibility index (Phi) is 3.81. The molecule has 0 saturated heterocycles. The van der Waals surface area contributed by atoms with Crippen molar-refractivity contribution in [1.29, 1.82) is 0 Å². The SMILES string of the molecule is Cc1cccc2c1[nH]c1nc(NN=Cc3cc(Br)c(Br)o3)nnc12. The normalized spacial score (nSPS) is 11.8. The van der Waals surface area contributed by atoms with E-state index >= 15 is 0 Å².